The van der Waals surface area contributed by atoms with Crippen molar-refractivity contribution >= 4 is 23.1 Å². The molecule has 1 fully saturated rings. The molecule has 3 nitrogen and oxygen atoms in total. The number of rotatable bonds is 3. The van der Waals surface area contributed by atoms with E-state index in [-0.39, 0.29) is 17.9 Å². The van der Waals surface area contributed by atoms with Gasteiger partial charge in [0.15, 0.2) is 0 Å². The summed E-state index contributed by atoms with van der Waals surface area (Å²) in [5.74, 6) is 0.411. The quantitative estimate of drug-likeness (QED) is 0.689. The molecule has 1 atom stereocenters. The number of likely N-dealkylation sites (N-methyl/N-ethyl adjacent to an activating group) is 1. The van der Waals surface area contributed by atoms with E-state index in [1.807, 2.05) is 6.92 Å². The first kappa shape index (κ1) is 10.4. The topological polar surface area (TPSA) is 46.3 Å². The molecule has 1 saturated carbocycles. The normalized spacial score (nSPS) is 18.9. The van der Waals surface area contributed by atoms with Gasteiger partial charge in [-0.15, -0.1) is 0 Å². The number of hydrogen-bond donors (Lipinski definition) is 1. The number of carbonyl (C=O) groups is 1. The fourth-order valence-electron chi connectivity index (χ4n) is 1.32. The average Bonchev–Trinajstić information content (AvgIpc) is 1.98. The minimum atomic E-state index is -0.122. The van der Waals surface area contributed by atoms with E-state index in [1.165, 1.54) is 6.42 Å². The van der Waals surface area contributed by atoms with Crippen LogP contribution in [0.15, 0.2) is 0 Å². The van der Waals surface area contributed by atoms with E-state index in [1.54, 1.807) is 11.9 Å². The molecule has 0 aliphatic heterocycles. The Labute approximate surface area is 84.3 Å². The first-order chi connectivity index (χ1) is 6.04. The molecule has 4 heteroatoms. The molecular formula is C9H16N2OS. The van der Waals surface area contributed by atoms with Crippen molar-refractivity contribution in [1.82, 2.24) is 4.90 Å². The molecule has 0 bridgehead atoms. The number of hydrogen-bond acceptors (Lipinski definition) is 2. The van der Waals surface area contributed by atoms with E-state index in [4.69, 9.17) is 18.0 Å². The van der Waals surface area contributed by atoms with E-state index < -0.39 is 0 Å². The third-order valence-corrected chi connectivity index (χ3v) is 3.14. The summed E-state index contributed by atoms with van der Waals surface area (Å²) < 4.78 is 0. The lowest BCUT2D eigenvalue weighted by Crippen LogP contribution is -2.46. The predicted octanol–water partition coefficient (Wildman–Crippen LogP) is 0.919. The Bertz CT molecular complexity index is 226. The van der Waals surface area contributed by atoms with Gasteiger partial charge in [0.2, 0.25) is 5.91 Å². The highest BCUT2D eigenvalue weighted by Gasteiger charge is 2.30. The predicted molar refractivity (Wildman–Crippen MR) is 56.4 cm³/mol. The van der Waals surface area contributed by atoms with Crippen molar-refractivity contribution in [1.29, 1.82) is 0 Å². The molecule has 1 aliphatic carbocycles. The molecule has 0 aromatic carbocycles. The van der Waals surface area contributed by atoms with E-state index >= 15 is 0 Å². The van der Waals surface area contributed by atoms with Gasteiger partial charge in [-0.05, 0) is 19.8 Å². The molecule has 2 N–H and O–H groups in total. The van der Waals surface area contributed by atoms with Crippen LogP contribution >= 0.6 is 12.2 Å². The van der Waals surface area contributed by atoms with Gasteiger partial charge in [0, 0.05) is 13.0 Å². The lowest BCUT2D eigenvalue weighted by molar-refractivity contribution is -0.137. The molecule has 1 unspecified atom stereocenters. The first-order valence-corrected chi connectivity index (χ1v) is 5.01. The Morgan fingerprint density at radius 1 is 1.62 bits per heavy atom. The van der Waals surface area contributed by atoms with Gasteiger partial charge in [0.1, 0.15) is 0 Å². The summed E-state index contributed by atoms with van der Waals surface area (Å²) >= 11 is 4.84. The highest BCUT2D eigenvalue weighted by molar-refractivity contribution is 7.80. The minimum Gasteiger partial charge on any atom is -0.392 e. The lowest BCUT2D eigenvalue weighted by atomic mass is 9.84. The Morgan fingerprint density at radius 2 is 2.15 bits per heavy atom. The Morgan fingerprint density at radius 3 is 2.46 bits per heavy atom. The van der Waals surface area contributed by atoms with Crippen LogP contribution < -0.4 is 5.73 Å². The lowest BCUT2D eigenvalue weighted by Gasteiger charge is -2.32. The molecule has 0 radical (unpaired) electrons. The van der Waals surface area contributed by atoms with Gasteiger partial charge in [-0.3, -0.25) is 4.79 Å². The zero-order chi connectivity index (χ0) is 10.0. The summed E-state index contributed by atoms with van der Waals surface area (Å²) in [5.41, 5.74) is 5.47. The molecule has 13 heavy (non-hydrogen) atoms. The molecule has 0 aromatic heterocycles. The molecule has 1 amide bonds. The summed E-state index contributed by atoms with van der Waals surface area (Å²) in [6, 6.07) is -0.122. The van der Waals surface area contributed by atoms with Crippen LogP contribution in [0.2, 0.25) is 0 Å². The third kappa shape index (κ3) is 2.18. The van der Waals surface area contributed by atoms with Crippen LogP contribution in [0.4, 0.5) is 0 Å². The van der Waals surface area contributed by atoms with Crippen LogP contribution in [0.3, 0.4) is 0 Å². The number of thiocarbonyl (C=S) groups is 1. The largest absolute Gasteiger partial charge is 0.392 e. The van der Waals surface area contributed by atoms with Crippen molar-refractivity contribution < 1.29 is 4.79 Å². The Balaban J connectivity index is 2.50. The highest BCUT2D eigenvalue weighted by Crippen LogP contribution is 2.28. The SMILES string of the molecule is CC(C(N)=S)N(C)C(=O)C1CCC1. The van der Waals surface area contributed by atoms with Crippen LogP contribution in [0.25, 0.3) is 0 Å². The number of carbonyl (C=O) groups excluding carboxylic acids is 1. The maximum absolute atomic E-state index is 11.7. The van der Waals surface area contributed by atoms with Gasteiger partial charge in [0.05, 0.1) is 11.0 Å². The monoisotopic (exact) mass is 200 g/mol. The fourth-order valence-corrected chi connectivity index (χ4v) is 1.48. The van der Waals surface area contributed by atoms with Crippen molar-refractivity contribution in [3.63, 3.8) is 0 Å². The smallest absolute Gasteiger partial charge is 0.226 e. The summed E-state index contributed by atoms with van der Waals surface area (Å²) in [7, 11) is 1.77. The van der Waals surface area contributed by atoms with Gasteiger partial charge >= 0.3 is 0 Å². The zero-order valence-electron chi connectivity index (χ0n) is 8.12. The van der Waals surface area contributed by atoms with Crippen LogP contribution in [-0.2, 0) is 4.79 Å². The van der Waals surface area contributed by atoms with E-state index in [9.17, 15) is 4.79 Å². The third-order valence-electron chi connectivity index (χ3n) is 2.79. The second-order valence-corrected chi connectivity index (χ2v) is 4.13. The molecule has 0 spiro atoms. The number of amides is 1. The number of nitrogens with two attached hydrogens (primary N) is 1. The standard InChI is InChI=1S/C9H16N2OS/c1-6(8(10)13)11(2)9(12)7-4-3-5-7/h6-7H,3-5H2,1-2H3,(H2,10,13). The van der Waals surface area contributed by atoms with Crippen LogP contribution in [0.1, 0.15) is 26.2 Å². The van der Waals surface area contributed by atoms with Gasteiger partial charge < -0.3 is 10.6 Å². The van der Waals surface area contributed by atoms with Crippen molar-refractivity contribution in [2.45, 2.75) is 32.2 Å². The summed E-state index contributed by atoms with van der Waals surface area (Å²) in [5, 5.41) is 0. The summed E-state index contributed by atoms with van der Waals surface area (Å²) in [6.45, 7) is 1.86. The highest BCUT2D eigenvalue weighted by atomic mass is 32.1. The Hall–Kier alpha value is -0.640. The maximum atomic E-state index is 11.7. The molecular weight excluding hydrogens is 184 g/mol. The van der Waals surface area contributed by atoms with Gasteiger partial charge in [0.25, 0.3) is 0 Å². The molecule has 0 aromatic rings. The van der Waals surface area contributed by atoms with Crippen molar-refractivity contribution in [2.24, 2.45) is 11.7 Å². The van der Waals surface area contributed by atoms with Crippen molar-refractivity contribution in [3.05, 3.63) is 0 Å². The minimum absolute atomic E-state index is 0.122. The molecule has 1 aliphatic rings. The summed E-state index contributed by atoms with van der Waals surface area (Å²) in [6.07, 6.45) is 3.21. The zero-order valence-corrected chi connectivity index (χ0v) is 8.93. The first-order valence-electron chi connectivity index (χ1n) is 4.60. The average molecular weight is 200 g/mol. The molecule has 1 rings (SSSR count). The Kier molecular flexibility index (Phi) is 3.25. The van der Waals surface area contributed by atoms with Crippen LogP contribution in [-0.4, -0.2) is 28.9 Å². The van der Waals surface area contributed by atoms with E-state index in [0.29, 0.717) is 4.99 Å². The van der Waals surface area contributed by atoms with E-state index in [0.717, 1.165) is 12.8 Å². The second kappa shape index (κ2) is 4.05. The maximum Gasteiger partial charge on any atom is 0.226 e. The van der Waals surface area contributed by atoms with Crippen LogP contribution in [0, 0.1) is 5.92 Å². The number of nitrogens with zero attached hydrogens (tertiary/aromatic N) is 1. The van der Waals surface area contributed by atoms with Gasteiger partial charge in [-0.2, -0.15) is 0 Å². The van der Waals surface area contributed by atoms with Crippen LogP contribution in [0.5, 0.6) is 0 Å². The van der Waals surface area contributed by atoms with Gasteiger partial charge in [-0.1, -0.05) is 18.6 Å². The molecule has 74 valence electrons. The fraction of sp³-hybridized carbons (Fsp3) is 0.778. The molecule has 0 heterocycles. The van der Waals surface area contributed by atoms with Crippen molar-refractivity contribution in [3.8, 4) is 0 Å². The summed E-state index contributed by atoms with van der Waals surface area (Å²) in [4.78, 5) is 13.7. The van der Waals surface area contributed by atoms with Gasteiger partial charge in [-0.25, -0.2) is 0 Å². The van der Waals surface area contributed by atoms with Crippen molar-refractivity contribution in [2.75, 3.05) is 7.05 Å². The second-order valence-electron chi connectivity index (χ2n) is 3.66. The van der Waals surface area contributed by atoms with E-state index in [2.05, 4.69) is 0 Å². The molecule has 0 saturated heterocycles.